The van der Waals surface area contributed by atoms with Crippen LogP contribution in [0.5, 0.6) is 0 Å². The molecular weight excluding hydrogens is 300 g/mol. The molecule has 2 aliphatic carbocycles. The van der Waals surface area contributed by atoms with Crippen LogP contribution in [0.2, 0.25) is 0 Å². The molecule has 0 radical (unpaired) electrons. The van der Waals surface area contributed by atoms with Gasteiger partial charge in [-0.1, -0.05) is 12.8 Å². The first-order valence-electron chi connectivity index (χ1n) is 7.57. The van der Waals surface area contributed by atoms with Crippen molar-refractivity contribution in [2.75, 3.05) is 5.32 Å². The molecule has 0 amide bonds. The molecule has 0 unspecified atom stereocenters. The Labute approximate surface area is 124 Å². The van der Waals surface area contributed by atoms with Crippen LogP contribution in [0.25, 0.3) is 0 Å². The van der Waals surface area contributed by atoms with Gasteiger partial charge in [0.2, 0.25) is 0 Å². The van der Waals surface area contributed by atoms with Crippen LogP contribution in [0.4, 0.5) is 5.69 Å². The smallest absolute Gasteiger partial charge is 0.106 e. The van der Waals surface area contributed by atoms with Crippen molar-refractivity contribution in [3.05, 3.63) is 22.4 Å². The summed E-state index contributed by atoms with van der Waals surface area (Å²) >= 11 is 3.42. The largest absolute Gasteiger partial charge is 0.381 e. The molecule has 1 aromatic heterocycles. The minimum atomic E-state index is 0.646. The number of aryl methyl sites for hydroxylation is 1. The molecule has 3 heteroatoms. The molecule has 2 saturated carbocycles. The maximum Gasteiger partial charge on any atom is 0.106 e. The van der Waals surface area contributed by atoms with Gasteiger partial charge < -0.3 is 5.32 Å². The second-order valence-electron chi connectivity index (χ2n) is 6.39. The van der Waals surface area contributed by atoms with E-state index in [0.29, 0.717) is 6.04 Å². The highest BCUT2D eigenvalue weighted by Gasteiger charge is 2.37. The van der Waals surface area contributed by atoms with Crippen LogP contribution in [-0.2, 0) is 0 Å². The summed E-state index contributed by atoms with van der Waals surface area (Å²) < 4.78 is 0.920. The van der Waals surface area contributed by atoms with Crippen LogP contribution >= 0.6 is 15.9 Å². The molecular formula is C16H23BrN2. The Morgan fingerprint density at radius 1 is 1.16 bits per heavy atom. The lowest BCUT2D eigenvalue weighted by molar-refractivity contribution is 0.188. The Bertz CT molecular complexity index is 442. The Balaban J connectivity index is 1.60. The van der Waals surface area contributed by atoms with Crippen LogP contribution < -0.4 is 5.32 Å². The van der Waals surface area contributed by atoms with E-state index in [9.17, 15) is 0 Å². The van der Waals surface area contributed by atoms with Crippen LogP contribution in [0.15, 0.2) is 16.7 Å². The van der Waals surface area contributed by atoms with E-state index >= 15 is 0 Å². The Morgan fingerprint density at radius 2 is 1.84 bits per heavy atom. The van der Waals surface area contributed by atoms with E-state index < -0.39 is 0 Å². The number of aromatic nitrogens is 1. The molecule has 2 fully saturated rings. The zero-order valence-electron chi connectivity index (χ0n) is 11.7. The molecule has 1 heterocycles. The highest BCUT2D eigenvalue weighted by molar-refractivity contribution is 9.10. The number of rotatable bonds is 2. The van der Waals surface area contributed by atoms with E-state index in [1.54, 1.807) is 0 Å². The van der Waals surface area contributed by atoms with E-state index in [-0.39, 0.29) is 0 Å². The lowest BCUT2D eigenvalue weighted by Crippen LogP contribution is -2.31. The van der Waals surface area contributed by atoms with Gasteiger partial charge in [-0.15, -0.1) is 0 Å². The SMILES string of the molecule is Cc1nc(Br)ccc1NC1CCC2(CCCC2)CC1. The first-order chi connectivity index (χ1) is 9.17. The van der Waals surface area contributed by atoms with Gasteiger partial charge in [0, 0.05) is 6.04 Å². The molecule has 0 saturated heterocycles. The molecule has 19 heavy (non-hydrogen) atoms. The Hall–Kier alpha value is -0.570. The third kappa shape index (κ3) is 2.96. The van der Waals surface area contributed by atoms with E-state index in [0.717, 1.165) is 15.7 Å². The molecule has 2 aliphatic rings. The Morgan fingerprint density at radius 3 is 2.47 bits per heavy atom. The fourth-order valence-electron chi connectivity index (χ4n) is 3.90. The number of hydrogen-bond donors (Lipinski definition) is 1. The summed E-state index contributed by atoms with van der Waals surface area (Å²) in [6.45, 7) is 2.08. The summed E-state index contributed by atoms with van der Waals surface area (Å²) in [5.74, 6) is 0. The number of nitrogens with zero attached hydrogens (tertiary/aromatic N) is 1. The highest BCUT2D eigenvalue weighted by atomic mass is 79.9. The van der Waals surface area contributed by atoms with Gasteiger partial charge >= 0.3 is 0 Å². The molecule has 2 nitrogen and oxygen atoms in total. The molecule has 0 aliphatic heterocycles. The lowest BCUT2D eigenvalue weighted by atomic mass is 9.71. The number of pyridine rings is 1. The monoisotopic (exact) mass is 322 g/mol. The van der Waals surface area contributed by atoms with Gasteiger partial charge in [-0.25, -0.2) is 4.98 Å². The predicted octanol–water partition coefficient (Wildman–Crippen LogP) is 5.07. The van der Waals surface area contributed by atoms with Gasteiger partial charge in [-0.2, -0.15) is 0 Å². The average molecular weight is 323 g/mol. The minimum Gasteiger partial charge on any atom is -0.381 e. The lowest BCUT2D eigenvalue weighted by Gasteiger charge is -2.38. The normalized spacial score (nSPS) is 22.8. The van der Waals surface area contributed by atoms with Crippen molar-refractivity contribution in [1.29, 1.82) is 0 Å². The maximum absolute atomic E-state index is 4.46. The molecule has 3 rings (SSSR count). The summed E-state index contributed by atoms with van der Waals surface area (Å²) in [6, 6.07) is 4.82. The quantitative estimate of drug-likeness (QED) is 0.769. The first-order valence-corrected chi connectivity index (χ1v) is 8.36. The molecule has 1 aromatic rings. The van der Waals surface area contributed by atoms with Crippen LogP contribution in [-0.4, -0.2) is 11.0 Å². The van der Waals surface area contributed by atoms with Gasteiger partial charge in [-0.3, -0.25) is 0 Å². The van der Waals surface area contributed by atoms with Gasteiger partial charge in [0.1, 0.15) is 4.60 Å². The number of nitrogens with one attached hydrogen (secondary N) is 1. The maximum atomic E-state index is 4.46. The van der Waals surface area contributed by atoms with Crippen molar-refractivity contribution >= 4 is 21.6 Å². The molecule has 104 valence electrons. The van der Waals surface area contributed by atoms with Gasteiger partial charge in [0.15, 0.2) is 0 Å². The van der Waals surface area contributed by atoms with Crippen molar-refractivity contribution in [1.82, 2.24) is 4.98 Å². The van der Waals surface area contributed by atoms with Gasteiger partial charge in [-0.05, 0) is 78.9 Å². The number of halogens is 1. The van der Waals surface area contributed by atoms with Crippen molar-refractivity contribution in [2.45, 2.75) is 64.3 Å². The zero-order chi connectivity index (χ0) is 13.3. The first kappa shape index (κ1) is 13.4. The molecule has 1 N–H and O–H groups in total. The second kappa shape index (κ2) is 5.43. The Kier molecular flexibility index (Phi) is 3.84. The minimum absolute atomic E-state index is 0.646. The average Bonchev–Trinajstić information content (AvgIpc) is 2.84. The molecule has 0 aromatic carbocycles. The predicted molar refractivity (Wildman–Crippen MR) is 83.5 cm³/mol. The number of anilines is 1. The van der Waals surface area contributed by atoms with Crippen LogP contribution in [0.3, 0.4) is 0 Å². The summed E-state index contributed by atoms with van der Waals surface area (Å²) in [7, 11) is 0. The van der Waals surface area contributed by atoms with Gasteiger partial charge in [0.05, 0.1) is 11.4 Å². The zero-order valence-corrected chi connectivity index (χ0v) is 13.3. The third-order valence-electron chi connectivity index (χ3n) is 5.12. The highest BCUT2D eigenvalue weighted by Crippen LogP contribution is 2.49. The summed E-state index contributed by atoms with van der Waals surface area (Å²) in [4.78, 5) is 4.46. The van der Waals surface area contributed by atoms with Crippen molar-refractivity contribution in [3.63, 3.8) is 0 Å². The van der Waals surface area contributed by atoms with Crippen LogP contribution in [0, 0.1) is 12.3 Å². The van der Waals surface area contributed by atoms with E-state index in [1.165, 1.54) is 57.1 Å². The summed E-state index contributed by atoms with van der Waals surface area (Å²) in [5, 5.41) is 3.70. The van der Waals surface area contributed by atoms with Gasteiger partial charge in [0.25, 0.3) is 0 Å². The summed E-state index contributed by atoms with van der Waals surface area (Å²) in [5.41, 5.74) is 3.02. The standard InChI is InChI=1S/C16H23BrN2/c1-12-14(4-5-15(17)18-12)19-13-6-10-16(11-7-13)8-2-3-9-16/h4-5,13,19H,2-3,6-11H2,1H3. The third-order valence-corrected chi connectivity index (χ3v) is 5.56. The van der Waals surface area contributed by atoms with E-state index in [1.807, 2.05) is 6.07 Å². The molecule has 0 bridgehead atoms. The summed E-state index contributed by atoms with van der Waals surface area (Å²) in [6.07, 6.45) is 11.4. The molecule has 0 atom stereocenters. The topological polar surface area (TPSA) is 24.9 Å². The molecule has 1 spiro atoms. The van der Waals surface area contributed by atoms with Crippen molar-refractivity contribution in [3.8, 4) is 0 Å². The fourth-order valence-corrected chi connectivity index (χ4v) is 4.30. The van der Waals surface area contributed by atoms with Crippen LogP contribution in [0.1, 0.15) is 57.1 Å². The van der Waals surface area contributed by atoms with E-state index in [4.69, 9.17) is 0 Å². The van der Waals surface area contributed by atoms with Crippen molar-refractivity contribution in [2.24, 2.45) is 5.41 Å². The van der Waals surface area contributed by atoms with Crippen molar-refractivity contribution < 1.29 is 0 Å². The number of hydrogen-bond acceptors (Lipinski definition) is 2. The fraction of sp³-hybridized carbons (Fsp3) is 0.688. The van der Waals surface area contributed by atoms with E-state index in [2.05, 4.69) is 39.2 Å². The second-order valence-corrected chi connectivity index (χ2v) is 7.21.